The summed E-state index contributed by atoms with van der Waals surface area (Å²) in [6, 6.07) is 0. The van der Waals surface area contributed by atoms with Gasteiger partial charge in [0, 0.05) is 45.0 Å². The van der Waals surface area contributed by atoms with Crippen LogP contribution >= 0.6 is 0 Å². The number of aryl methyl sites for hydroxylation is 1. The van der Waals surface area contributed by atoms with Crippen molar-refractivity contribution in [3.8, 4) is 0 Å². The van der Waals surface area contributed by atoms with Crippen molar-refractivity contribution in [3.63, 3.8) is 0 Å². The van der Waals surface area contributed by atoms with Crippen LogP contribution in [0.25, 0.3) is 0 Å². The summed E-state index contributed by atoms with van der Waals surface area (Å²) in [6.07, 6.45) is 6.77. The molecule has 0 saturated carbocycles. The van der Waals surface area contributed by atoms with E-state index >= 15 is 0 Å². The number of aromatic nitrogens is 2. The highest BCUT2D eigenvalue weighted by atomic mass is 16.3. The Labute approximate surface area is 127 Å². The Hall–Kier alpha value is -0.910. The van der Waals surface area contributed by atoms with Gasteiger partial charge in [-0.15, -0.1) is 0 Å². The first-order valence-corrected chi connectivity index (χ1v) is 8.16. The molecule has 2 aliphatic heterocycles. The van der Waals surface area contributed by atoms with Crippen molar-refractivity contribution >= 4 is 0 Å². The SMILES string of the molecule is Cn1ccnc1C(O)C1CCCN(CC2(C)CCNC2)C1. The van der Waals surface area contributed by atoms with Gasteiger partial charge in [-0.2, -0.15) is 0 Å². The summed E-state index contributed by atoms with van der Waals surface area (Å²) in [4.78, 5) is 6.87. The molecule has 3 unspecified atom stereocenters. The van der Waals surface area contributed by atoms with Gasteiger partial charge in [0.25, 0.3) is 0 Å². The predicted molar refractivity (Wildman–Crippen MR) is 82.9 cm³/mol. The Balaban J connectivity index is 1.61. The molecule has 3 rings (SSSR count). The summed E-state index contributed by atoms with van der Waals surface area (Å²) in [5.74, 6) is 1.11. The normalized spacial score (nSPS) is 32.4. The second kappa shape index (κ2) is 6.07. The van der Waals surface area contributed by atoms with E-state index in [-0.39, 0.29) is 0 Å². The number of aliphatic hydroxyl groups excluding tert-OH is 1. The van der Waals surface area contributed by atoms with Crippen LogP contribution in [0.2, 0.25) is 0 Å². The summed E-state index contributed by atoms with van der Waals surface area (Å²) in [5.41, 5.74) is 0.399. The molecule has 21 heavy (non-hydrogen) atoms. The number of imidazole rings is 1. The molecule has 0 aliphatic carbocycles. The van der Waals surface area contributed by atoms with Crippen LogP contribution in [0.4, 0.5) is 0 Å². The molecular weight excluding hydrogens is 264 g/mol. The number of nitrogens with one attached hydrogen (secondary N) is 1. The van der Waals surface area contributed by atoms with Gasteiger partial charge in [-0.3, -0.25) is 0 Å². The van der Waals surface area contributed by atoms with Crippen molar-refractivity contribution in [1.29, 1.82) is 0 Å². The van der Waals surface area contributed by atoms with Gasteiger partial charge in [-0.1, -0.05) is 6.92 Å². The summed E-state index contributed by atoms with van der Waals surface area (Å²) < 4.78 is 1.94. The highest BCUT2D eigenvalue weighted by Gasteiger charge is 2.34. The van der Waals surface area contributed by atoms with Crippen LogP contribution in [0.5, 0.6) is 0 Å². The number of piperidine rings is 1. The number of aliphatic hydroxyl groups is 1. The van der Waals surface area contributed by atoms with Crippen molar-refractivity contribution in [2.75, 3.05) is 32.7 Å². The van der Waals surface area contributed by atoms with Gasteiger partial charge < -0.3 is 19.9 Å². The smallest absolute Gasteiger partial charge is 0.137 e. The summed E-state index contributed by atoms with van der Waals surface area (Å²) >= 11 is 0. The third kappa shape index (κ3) is 3.30. The molecule has 3 heterocycles. The molecule has 1 aromatic heterocycles. The Morgan fingerprint density at radius 1 is 1.57 bits per heavy atom. The topological polar surface area (TPSA) is 53.3 Å². The molecule has 5 nitrogen and oxygen atoms in total. The van der Waals surface area contributed by atoms with Crippen molar-refractivity contribution < 1.29 is 5.11 Å². The predicted octanol–water partition coefficient (Wildman–Crippen LogP) is 1.17. The molecule has 2 aliphatic rings. The largest absolute Gasteiger partial charge is 0.385 e. The van der Waals surface area contributed by atoms with Crippen LogP contribution in [0.1, 0.15) is 38.1 Å². The Morgan fingerprint density at radius 3 is 3.10 bits per heavy atom. The van der Waals surface area contributed by atoms with E-state index in [4.69, 9.17) is 0 Å². The molecule has 2 N–H and O–H groups in total. The van der Waals surface area contributed by atoms with Crippen LogP contribution in [0.3, 0.4) is 0 Å². The monoisotopic (exact) mass is 292 g/mol. The van der Waals surface area contributed by atoms with Gasteiger partial charge in [-0.05, 0) is 37.8 Å². The van der Waals surface area contributed by atoms with Crippen LogP contribution < -0.4 is 5.32 Å². The number of rotatable bonds is 4. The van der Waals surface area contributed by atoms with E-state index in [1.807, 2.05) is 17.8 Å². The first-order valence-electron chi connectivity index (χ1n) is 8.16. The molecule has 0 amide bonds. The molecule has 3 atom stereocenters. The van der Waals surface area contributed by atoms with E-state index in [1.54, 1.807) is 6.20 Å². The summed E-state index contributed by atoms with van der Waals surface area (Å²) in [5, 5.41) is 14.1. The average molecular weight is 292 g/mol. The van der Waals surface area contributed by atoms with E-state index in [2.05, 4.69) is 22.1 Å². The lowest BCUT2D eigenvalue weighted by atomic mass is 9.86. The molecule has 0 radical (unpaired) electrons. The van der Waals surface area contributed by atoms with Crippen molar-refractivity contribution in [2.24, 2.45) is 18.4 Å². The van der Waals surface area contributed by atoms with Gasteiger partial charge in [0.2, 0.25) is 0 Å². The lowest BCUT2D eigenvalue weighted by molar-refractivity contribution is 0.0306. The number of hydrogen-bond donors (Lipinski definition) is 2. The van der Waals surface area contributed by atoms with Gasteiger partial charge in [0.15, 0.2) is 0 Å². The third-order valence-electron chi connectivity index (χ3n) is 5.17. The summed E-state index contributed by atoms with van der Waals surface area (Å²) in [7, 11) is 1.96. The minimum absolute atomic E-state index is 0.304. The first kappa shape index (κ1) is 15.0. The zero-order chi connectivity index (χ0) is 14.9. The van der Waals surface area contributed by atoms with E-state index < -0.39 is 6.10 Å². The molecule has 1 aromatic rings. The highest BCUT2D eigenvalue weighted by Crippen LogP contribution is 2.32. The van der Waals surface area contributed by atoms with E-state index in [1.165, 1.54) is 19.4 Å². The maximum absolute atomic E-state index is 10.6. The van der Waals surface area contributed by atoms with Crippen molar-refractivity contribution in [1.82, 2.24) is 19.8 Å². The number of likely N-dealkylation sites (tertiary alicyclic amines) is 1. The first-order chi connectivity index (χ1) is 10.1. The molecule has 5 heteroatoms. The van der Waals surface area contributed by atoms with Gasteiger partial charge in [-0.25, -0.2) is 4.98 Å². The summed E-state index contributed by atoms with van der Waals surface area (Å²) in [6.45, 7) is 7.94. The average Bonchev–Trinajstić information content (AvgIpc) is 3.07. The van der Waals surface area contributed by atoms with E-state index in [0.717, 1.165) is 38.4 Å². The zero-order valence-corrected chi connectivity index (χ0v) is 13.3. The van der Waals surface area contributed by atoms with Crippen molar-refractivity contribution in [2.45, 2.75) is 32.3 Å². The van der Waals surface area contributed by atoms with Crippen LogP contribution in [0.15, 0.2) is 12.4 Å². The quantitative estimate of drug-likeness (QED) is 0.874. The minimum Gasteiger partial charge on any atom is -0.385 e. The van der Waals surface area contributed by atoms with Gasteiger partial charge >= 0.3 is 0 Å². The molecule has 2 fully saturated rings. The molecular formula is C16H28N4O. The van der Waals surface area contributed by atoms with E-state index in [0.29, 0.717) is 11.3 Å². The van der Waals surface area contributed by atoms with E-state index in [9.17, 15) is 5.11 Å². The fourth-order valence-electron chi connectivity index (χ4n) is 3.91. The van der Waals surface area contributed by atoms with Crippen molar-refractivity contribution in [3.05, 3.63) is 18.2 Å². The fourth-order valence-corrected chi connectivity index (χ4v) is 3.91. The fraction of sp³-hybridized carbons (Fsp3) is 0.812. The van der Waals surface area contributed by atoms with Gasteiger partial charge in [0.05, 0.1) is 0 Å². The number of hydrogen-bond acceptors (Lipinski definition) is 4. The lowest BCUT2D eigenvalue weighted by Crippen LogP contribution is -2.44. The van der Waals surface area contributed by atoms with Crippen LogP contribution in [-0.2, 0) is 7.05 Å². The molecule has 2 saturated heterocycles. The second-order valence-corrected chi connectivity index (χ2v) is 7.22. The van der Waals surface area contributed by atoms with Crippen LogP contribution in [-0.4, -0.2) is 52.3 Å². The molecule has 0 spiro atoms. The van der Waals surface area contributed by atoms with Crippen LogP contribution in [0, 0.1) is 11.3 Å². The molecule has 118 valence electrons. The van der Waals surface area contributed by atoms with Gasteiger partial charge in [0.1, 0.15) is 11.9 Å². The Morgan fingerprint density at radius 2 is 2.43 bits per heavy atom. The molecule has 0 bridgehead atoms. The molecule has 0 aromatic carbocycles. The minimum atomic E-state index is -0.442. The maximum Gasteiger partial charge on any atom is 0.137 e. The zero-order valence-electron chi connectivity index (χ0n) is 13.3. The maximum atomic E-state index is 10.6. The third-order valence-corrected chi connectivity index (χ3v) is 5.17. The Kier molecular flexibility index (Phi) is 4.33. The lowest BCUT2D eigenvalue weighted by Gasteiger charge is -2.39. The highest BCUT2D eigenvalue weighted by molar-refractivity contribution is 4.99. The standard InChI is InChI=1S/C16H28N4O/c1-16(5-6-17-11-16)12-20-8-3-4-13(10-20)14(21)15-18-7-9-19(15)2/h7,9,13-14,17,21H,3-6,8,10-12H2,1-2H3. The second-order valence-electron chi connectivity index (χ2n) is 7.22. The number of nitrogens with zero attached hydrogens (tertiary/aromatic N) is 3. The Bertz CT molecular complexity index is 467.